The molecular formula is C49H49Cl3MgN2O8. The van der Waals surface area contributed by atoms with Crippen LogP contribution in [0.5, 0.6) is 46.0 Å². The molecule has 0 saturated heterocycles. The minimum Gasteiger partial charge on any atom is -1.00 e. The van der Waals surface area contributed by atoms with Crippen LogP contribution in [0.25, 0.3) is 33.8 Å². The molecule has 1 aromatic heterocycles. The maximum atomic E-state index is 6.83. The van der Waals surface area contributed by atoms with E-state index in [1.165, 1.54) is 28.5 Å². The van der Waals surface area contributed by atoms with Gasteiger partial charge in [-0.05, 0) is 101 Å². The Morgan fingerprint density at radius 3 is 1.86 bits per heavy atom. The van der Waals surface area contributed by atoms with Gasteiger partial charge in [0.15, 0.2) is 52.5 Å². The summed E-state index contributed by atoms with van der Waals surface area (Å²) in [4.78, 5) is 2.49. The number of nitrogens with zero attached hydrogens (tertiary/aromatic N) is 2. The van der Waals surface area contributed by atoms with Gasteiger partial charge in [0.2, 0.25) is 19.3 Å². The molecule has 326 valence electrons. The van der Waals surface area contributed by atoms with E-state index < -0.39 is 0 Å². The van der Waals surface area contributed by atoms with E-state index in [9.17, 15) is 0 Å². The molecule has 0 atom stereocenters. The van der Waals surface area contributed by atoms with E-state index in [4.69, 9.17) is 49.5 Å². The van der Waals surface area contributed by atoms with Crippen molar-refractivity contribution in [1.82, 2.24) is 4.90 Å². The Kier molecular flexibility index (Phi) is 16.0. The van der Waals surface area contributed by atoms with Crippen LogP contribution in [0.3, 0.4) is 0 Å². The number of methoxy groups -OCH3 is 4. The van der Waals surface area contributed by atoms with Gasteiger partial charge in [-0.15, -0.1) is 13.2 Å². The molecule has 10 nitrogen and oxygen atoms in total. The Balaban J connectivity index is 0.000000216. The minimum atomic E-state index is -0.364. The molecule has 4 aromatic carbocycles. The van der Waals surface area contributed by atoms with Crippen molar-refractivity contribution in [2.24, 2.45) is 0 Å². The van der Waals surface area contributed by atoms with Crippen LogP contribution in [0, 0.1) is 6.92 Å². The third-order valence-corrected chi connectivity index (χ3v) is 12.1. The Labute approximate surface area is 403 Å². The molecule has 0 unspecified atom stereocenters. The van der Waals surface area contributed by atoms with Crippen molar-refractivity contribution < 1.29 is 67.3 Å². The third-order valence-electron chi connectivity index (χ3n) is 11.7. The molecule has 0 aliphatic carbocycles. The first-order valence-corrected chi connectivity index (χ1v) is 20.2. The van der Waals surface area contributed by atoms with Crippen molar-refractivity contribution in [2.75, 3.05) is 48.6 Å². The van der Waals surface area contributed by atoms with Crippen LogP contribution in [0.1, 0.15) is 40.7 Å². The number of hydrogen-bond acceptors (Lipinski definition) is 9. The van der Waals surface area contributed by atoms with E-state index in [1.54, 1.807) is 28.4 Å². The first kappa shape index (κ1) is 49.0. The second-order valence-electron chi connectivity index (χ2n) is 14.7. The smallest absolute Gasteiger partial charge is 1.00 e. The molecule has 5 aliphatic rings. The number of rotatable bonds is 8. The summed E-state index contributed by atoms with van der Waals surface area (Å²) < 4.78 is 47.1. The second-order valence-corrected chi connectivity index (χ2v) is 15.1. The number of allylic oxidation sites excluding steroid dienone is 1. The molecule has 0 amide bonds. The summed E-state index contributed by atoms with van der Waals surface area (Å²) in [7, 11) is 6.64. The molecule has 0 N–H and O–H groups in total. The maximum absolute atomic E-state index is 6.83. The van der Waals surface area contributed by atoms with Crippen LogP contribution in [-0.2, 0) is 24.9 Å². The number of benzene rings is 4. The fourth-order valence-electron chi connectivity index (χ4n) is 9.18. The summed E-state index contributed by atoms with van der Waals surface area (Å²) in [6, 6.07) is 18.5. The van der Waals surface area contributed by atoms with Crippen molar-refractivity contribution in [3.05, 3.63) is 132 Å². The number of halogens is 3. The standard InChI is InChI=1S/C26H27NO4.C20H17ClNO4.C3H5.2ClH.Mg/c1-5-10-26(11-6-2)24-18(7-8-21(28-3)25(24)29-4)13-20-19-15-23-22(30-16-31-23)14-17(19)9-12-27(20)26;1-23-15-4-3-12-7-14-13-9-17-16(25-10-26-17)8-11(13)5-6-22(14)20(21)18(12)19(15)24-2;1-3-2;;;/h5-8,13-15H,1-2,9-12,16H2,3-4H3;3-4,7-9H,5-6,10H2,1-2H3;3H,1-2H2;2*1H;/q;+1;-1;;;+2/p-2. The molecule has 5 aromatic rings. The van der Waals surface area contributed by atoms with E-state index >= 15 is 0 Å². The number of pyridine rings is 1. The van der Waals surface area contributed by atoms with E-state index in [2.05, 4.69) is 72.5 Å². The third kappa shape index (κ3) is 8.42. The molecule has 0 radical (unpaired) electrons. The molecule has 0 bridgehead atoms. The average Bonchev–Trinajstić information content (AvgIpc) is 3.94. The van der Waals surface area contributed by atoms with Crippen molar-refractivity contribution in [3.8, 4) is 57.3 Å². The average molecular weight is 925 g/mol. The Bertz CT molecular complexity index is 2570. The summed E-state index contributed by atoms with van der Waals surface area (Å²) in [6.45, 7) is 16.9. The molecule has 0 fully saturated rings. The fourth-order valence-corrected chi connectivity index (χ4v) is 9.55. The van der Waals surface area contributed by atoms with E-state index in [1.807, 2.05) is 36.4 Å². The molecule has 0 spiro atoms. The van der Waals surface area contributed by atoms with E-state index in [-0.39, 0.29) is 67.0 Å². The zero-order chi connectivity index (χ0) is 42.1. The van der Waals surface area contributed by atoms with Crippen LogP contribution >= 0.6 is 11.6 Å². The van der Waals surface area contributed by atoms with Gasteiger partial charge in [0.1, 0.15) is 5.39 Å². The summed E-state index contributed by atoms with van der Waals surface area (Å²) in [5.41, 5.74) is 8.97. The number of ether oxygens (including phenoxy) is 8. The van der Waals surface area contributed by atoms with Crippen LogP contribution in [0.15, 0.2) is 92.6 Å². The zero-order valence-corrected chi connectivity index (χ0v) is 39.7. The van der Waals surface area contributed by atoms with E-state index in [0.717, 1.165) is 106 Å². The SMILES string of the molecule is C=CCC1(CC=C)c2c(ccc(OC)c2OC)C=C2c3cc4c(cc3CCN21)OCO4.C=C[CH2-].COc1ccc2cc3[n+](c(Cl)c2c1OC)CCc1cc2c(cc1-3)OCO2.[Cl-].[Cl-].[Mg+2]. The molecule has 6 heterocycles. The first-order valence-electron chi connectivity index (χ1n) is 19.8. The predicted molar refractivity (Wildman–Crippen MR) is 241 cm³/mol. The monoisotopic (exact) mass is 922 g/mol. The van der Waals surface area contributed by atoms with Crippen molar-refractivity contribution in [2.45, 2.75) is 37.8 Å². The van der Waals surface area contributed by atoms with Gasteiger partial charge >= 0.3 is 23.1 Å². The van der Waals surface area contributed by atoms with Crippen molar-refractivity contribution in [1.29, 1.82) is 0 Å². The van der Waals surface area contributed by atoms with Crippen LogP contribution in [0.2, 0.25) is 5.15 Å². The van der Waals surface area contributed by atoms with Gasteiger partial charge in [-0.1, -0.05) is 18.2 Å². The van der Waals surface area contributed by atoms with Crippen molar-refractivity contribution >= 4 is 57.2 Å². The second kappa shape index (κ2) is 20.6. The summed E-state index contributed by atoms with van der Waals surface area (Å²) in [5, 5.41) is 2.52. The molecule has 14 heteroatoms. The van der Waals surface area contributed by atoms with Gasteiger partial charge in [-0.25, -0.2) is 19.6 Å². The van der Waals surface area contributed by atoms with Crippen molar-refractivity contribution in [3.63, 3.8) is 0 Å². The van der Waals surface area contributed by atoms with E-state index in [0.29, 0.717) is 16.7 Å². The van der Waals surface area contributed by atoms with Crippen LogP contribution in [0.4, 0.5) is 0 Å². The maximum Gasteiger partial charge on any atom is 2.00 e. The van der Waals surface area contributed by atoms with Gasteiger partial charge in [-0.3, -0.25) is 0 Å². The number of fused-ring (bicyclic) bond motifs is 10. The Hall–Kier alpha value is -5.04. The molecule has 10 rings (SSSR count). The predicted octanol–water partition coefficient (Wildman–Crippen LogP) is 3.53. The number of hydrogen-bond donors (Lipinski definition) is 0. The minimum absolute atomic E-state index is 0. The summed E-state index contributed by atoms with van der Waals surface area (Å²) >= 11 is 6.83. The van der Waals surface area contributed by atoms with Gasteiger partial charge in [0.05, 0.1) is 39.5 Å². The molecule has 0 saturated carbocycles. The molecule has 63 heavy (non-hydrogen) atoms. The van der Waals surface area contributed by atoms with Gasteiger partial charge < -0.3 is 67.6 Å². The fraction of sp³-hybridized carbons (Fsp3) is 0.265. The Morgan fingerprint density at radius 1 is 0.746 bits per heavy atom. The molecular weight excluding hydrogens is 875 g/mol. The van der Waals surface area contributed by atoms with Gasteiger partial charge in [0.25, 0.3) is 5.15 Å². The Morgan fingerprint density at radius 2 is 1.29 bits per heavy atom. The van der Waals surface area contributed by atoms with Crippen LogP contribution in [-0.4, -0.2) is 76.5 Å². The van der Waals surface area contributed by atoms with Gasteiger partial charge in [-0.2, -0.15) is 4.57 Å². The summed E-state index contributed by atoms with van der Waals surface area (Å²) in [5.74, 6) is 6.06. The topological polar surface area (TPSA) is 81.0 Å². The summed E-state index contributed by atoms with van der Waals surface area (Å²) in [6.07, 6.45) is 11.0. The first-order chi connectivity index (χ1) is 29.3. The normalized spacial score (nSPS) is 14.4. The largest absolute Gasteiger partial charge is 2.00 e. The number of aryl methyl sites for hydroxylation is 1. The van der Waals surface area contributed by atoms with Crippen LogP contribution < -0.4 is 67.3 Å². The molecule has 5 aliphatic heterocycles. The zero-order valence-electron chi connectivity index (χ0n) is 36.0. The van der Waals surface area contributed by atoms with Gasteiger partial charge in [0, 0.05) is 35.9 Å². The quantitative estimate of drug-likeness (QED) is 0.0765. The number of aromatic nitrogens is 1.